The molecule has 3 N–H and O–H groups in total. The first-order valence-corrected chi connectivity index (χ1v) is 7.44. The van der Waals surface area contributed by atoms with E-state index in [4.69, 9.17) is 10.5 Å². The van der Waals surface area contributed by atoms with Crippen LogP contribution < -0.4 is 11.1 Å². The van der Waals surface area contributed by atoms with Gasteiger partial charge >= 0.3 is 0 Å². The van der Waals surface area contributed by atoms with E-state index in [1.54, 1.807) is 0 Å². The fraction of sp³-hybridized carbons (Fsp3) is 0.929. The van der Waals surface area contributed by atoms with Crippen molar-refractivity contribution < 1.29 is 4.74 Å². The van der Waals surface area contributed by atoms with Crippen molar-refractivity contribution in [1.29, 1.82) is 0 Å². The molecule has 0 radical (unpaired) electrons. The molecule has 0 spiro atoms. The van der Waals surface area contributed by atoms with E-state index in [1.807, 2.05) is 0 Å². The van der Waals surface area contributed by atoms with Gasteiger partial charge in [0.05, 0.1) is 19.8 Å². The van der Waals surface area contributed by atoms with Crippen LogP contribution in [-0.4, -0.2) is 55.8 Å². The van der Waals surface area contributed by atoms with E-state index in [2.05, 4.69) is 29.1 Å². The molecule has 1 saturated carbocycles. The monoisotopic (exact) mass is 268 g/mol. The van der Waals surface area contributed by atoms with Crippen LogP contribution >= 0.6 is 0 Å². The van der Waals surface area contributed by atoms with Gasteiger partial charge in [-0.1, -0.05) is 6.42 Å². The number of morpholine rings is 1. The summed E-state index contributed by atoms with van der Waals surface area (Å²) < 4.78 is 5.39. The van der Waals surface area contributed by atoms with Crippen LogP contribution in [0.2, 0.25) is 0 Å². The number of rotatable bonds is 5. The van der Waals surface area contributed by atoms with Crippen LogP contribution in [0.5, 0.6) is 0 Å². The minimum Gasteiger partial charge on any atom is -0.379 e. The predicted octanol–water partition coefficient (Wildman–Crippen LogP) is 0.802. The van der Waals surface area contributed by atoms with Crippen molar-refractivity contribution in [2.45, 2.75) is 38.6 Å². The van der Waals surface area contributed by atoms with Crippen LogP contribution in [0.4, 0.5) is 0 Å². The maximum atomic E-state index is 5.93. The van der Waals surface area contributed by atoms with Crippen molar-refractivity contribution in [3.05, 3.63) is 0 Å². The zero-order valence-electron chi connectivity index (χ0n) is 12.3. The topological polar surface area (TPSA) is 62.9 Å². The molecule has 5 heteroatoms. The molecule has 1 heterocycles. The van der Waals surface area contributed by atoms with Gasteiger partial charge in [-0.15, -0.1) is 0 Å². The lowest BCUT2D eigenvalue weighted by atomic mass is 9.85. The molecule has 2 rings (SSSR count). The van der Waals surface area contributed by atoms with Gasteiger partial charge in [0.2, 0.25) is 0 Å². The molecule has 1 saturated heterocycles. The standard InChI is InChI=1S/C14H28N4O/c1-14(2,18-6-8-19-9-7-18)11-17-13(15)16-10-12-4-3-5-12/h12H,3-11H2,1-2H3,(H3,15,16,17). The highest BCUT2D eigenvalue weighted by atomic mass is 16.5. The molecule has 0 aromatic heterocycles. The van der Waals surface area contributed by atoms with E-state index in [0.29, 0.717) is 5.96 Å². The highest BCUT2D eigenvalue weighted by molar-refractivity contribution is 5.77. The van der Waals surface area contributed by atoms with Crippen molar-refractivity contribution in [3.63, 3.8) is 0 Å². The summed E-state index contributed by atoms with van der Waals surface area (Å²) in [5.41, 5.74) is 5.98. The quantitative estimate of drug-likeness (QED) is 0.572. The number of nitrogens with zero attached hydrogens (tertiary/aromatic N) is 2. The Hall–Kier alpha value is -0.810. The average molecular weight is 268 g/mol. The number of guanidine groups is 1. The SMILES string of the molecule is CC(C)(CN=C(N)NCC1CCC1)N1CCOCC1. The lowest BCUT2D eigenvalue weighted by Gasteiger charge is -2.39. The lowest BCUT2D eigenvalue weighted by molar-refractivity contribution is -0.00682. The molecule has 0 amide bonds. The molecular weight excluding hydrogens is 240 g/mol. The van der Waals surface area contributed by atoms with Crippen LogP contribution in [0, 0.1) is 5.92 Å². The maximum Gasteiger partial charge on any atom is 0.188 e. The zero-order chi connectivity index (χ0) is 13.7. The molecule has 0 aromatic rings. The van der Waals surface area contributed by atoms with E-state index in [9.17, 15) is 0 Å². The molecule has 1 aliphatic heterocycles. The van der Waals surface area contributed by atoms with Gasteiger partial charge < -0.3 is 15.8 Å². The fourth-order valence-corrected chi connectivity index (χ4v) is 2.55. The van der Waals surface area contributed by atoms with E-state index >= 15 is 0 Å². The largest absolute Gasteiger partial charge is 0.379 e. The molecule has 0 bridgehead atoms. The molecule has 2 aliphatic rings. The maximum absolute atomic E-state index is 5.93. The lowest BCUT2D eigenvalue weighted by Crippen LogP contribution is -2.52. The van der Waals surface area contributed by atoms with Crippen molar-refractivity contribution in [2.75, 3.05) is 39.4 Å². The third-order valence-corrected chi connectivity index (χ3v) is 4.30. The molecule has 5 nitrogen and oxygen atoms in total. The van der Waals surface area contributed by atoms with Gasteiger partial charge in [-0.05, 0) is 32.6 Å². The third kappa shape index (κ3) is 4.35. The van der Waals surface area contributed by atoms with E-state index < -0.39 is 0 Å². The number of hydrogen-bond donors (Lipinski definition) is 2. The molecule has 19 heavy (non-hydrogen) atoms. The second-order valence-electron chi connectivity index (χ2n) is 6.29. The Morgan fingerprint density at radius 2 is 2.05 bits per heavy atom. The molecule has 1 aliphatic carbocycles. The summed E-state index contributed by atoms with van der Waals surface area (Å²) in [5, 5.41) is 3.24. The number of ether oxygens (including phenoxy) is 1. The van der Waals surface area contributed by atoms with E-state index in [-0.39, 0.29) is 5.54 Å². The van der Waals surface area contributed by atoms with Crippen molar-refractivity contribution in [2.24, 2.45) is 16.6 Å². The van der Waals surface area contributed by atoms with Gasteiger partial charge in [0.25, 0.3) is 0 Å². The first kappa shape index (κ1) is 14.6. The second kappa shape index (κ2) is 6.57. The Labute approximate surface area is 116 Å². The molecule has 0 aromatic carbocycles. The normalized spacial score (nSPS) is 23.2. The fourth-order valence-electron chi connectivity index (χ4n) is 2.55. The van der Waals surface area contributed by atoms with Crippen molar-refractivity contribution >= 4 is 5.96 Å². The first-order chi connectivity index (χ1) is 9.08. The summed E-state index contributed by atoms with van der Waals surface area (Å²) in [5.74, 6) is 1.40. The van der Waals surface area contributed by atoms with Gasteiger partial charge in [-0.25, -0.2) is 0 Å². The van der Waals surface area contributed by atoms with Gasteiger partial charge in [-0.2, -0.15) is 0 Å². The summed E-state index contributed by atoms with van der Waals surface area (Å²) in [6.07, 6.45) is 4.03. The summed E-state index contributed by atoms with van der Waals surface area (Å²) in [4.78, 5) is 6.93. The highest BCUT2D eigenvalue weighted by Gasteiger charge is 2.28. The Morgan fingerprint density at radius 3 is 2.63 bits per heavy atom. The van der Waals surface area contributed by atoms with Gasteiger partial charge in [0.15, 0.2) is 5.96 Å². The third-order valence-electron chi connectivity index (χ3n) is 4.30. The van der Waals surface area contributed by atoms with Gasteiger partial charge in [-0.3, -0.25) is 9.89 Å². The summed E-state index contributed by atoms with van der Waals surface area (Å²) >= 11 is 0. The molecule has 0 atom stereocenters. The number of aliphatic imine (C=N–C) groups is 1. The predicted molar refractivity (Wildman–Crippen MR) is 78.3 cm³/mol. The number of nitrogens with one attached hydrogen (secondary N) is 1. The Morgan fingerprint density at radius 1 is 1.37 bits per heavy atom. The Bertz CT molecular complexity index is 307. The number of hydrogen-bond acceptors (Lipinski definition) is 3. The average Bonchev–Trinajstić information content (AvgIpc) is 2.36. The van der Waals surface area contributed by atoms with E-state index in [0.717, 1.165) is 45.3 Å². The summed E-state index contributed by atoms with van der Waals surface area (Å²) in [7, 11) is 0. The van der Waals surface area contributed by atoms with Crippen molar-refractivity contribution in [3.8, 4) is 0 Å². The van der Waals surface area contributed by atoms with Gasteiger partial charge in [0.1, 0.15) is 0 Å². The first-order valence-electron chi connectivity index (χ1n) is 7.44. The van der Waals surface area contributed by atoms with Crippen LogP contribution in [0.1, 0.15) is 33.1 Å². The summed E-state index contributed by atoms with van der Waals surface area (Å²) in [6.45, 7) is 9.77. The molecule has 2 fully saturated rings. The van der Waals surface area contributed by atoms with Crippen LogP contribution in [-0.2, 0) is 4.74 Å². The minimum absolute atomic E-state index is 0.0482. The smallest absolute Gasteiger partial charge is 0.188 e. The van der Waals surface area contributed by atoms with E-state index in [1.165, 1.54) is 19.3 Å². The number of nitrogens with two attached hydrogens (primary N) is 1. The van der Waals surface area contributed by atoms with Crippen molar-refractivity contribution in [1.82, 2.24) is 10.2 Å². The zero-order valence-corrected chi connectivity index (χ0v) is 12.3. The molecular formula is C14H28N4O. The van der Waals surface area contributed by atoms with Gasteiger partial charge in [0, 0.05) is 25.2 Å². The molecule has 0 unspecified atom stereocenters. The molecule has 110 valence electrons. The Balaban J connectivity index is 1.74. The van der Waals surface area contributed by atoms with Crippen LogP contribution in [0.25, 0.3) is 0 Å². The Kier molecular flexibility index (Phi) is 5.05. The highest BCUT2D eigenvalue weighted by Crippen LogP contribution is 2.25. The second-order valence-corrected chi connectivity index (χ2v) is 6.29. The van der Waals surface area contributed by atoms with Crippen LogP contribution in [0.3, 0.4) is 0 Å². The van der Waals surface area contributed by atoms with Crippen LogP contribution in [0.15, 0.2) is 4.99 Å². The minimum atomic E-state index is 0.0482. The summed E-state index contributed by atoms with van der Waals surface area (Å²) in [6, 6.07) is 0.